The van der Waals surface area contributed by atoms with Crippen LogP contribution in [0.15, 0.2) is 28.5 Å². The number of hydrogen-bond acceptors (Lipinski definition) is 6. The van der Waals surface area contributed by atoms with E-state index in [1.807, 2.05) is 0 Å². The van der Waals surface area contributed by atoms with Crippen molar-refractivity contribution >= 4 is 27.4 Å². The molecule has 0 spiro atoms. The normalized spacial score (nSPS) is 11.2. The summed E-state index contributed by atoms with van der Waals surface area (Å²) >= 11 is 5.82. The van der Waals surface area contributed by atoms with Crippen molar-refractivity contribution in [3.8, 4) is 5.75 Å². The summed E-state index contributed by atoms with van der Waals surface area (Å²) < 4.78 is 36.5. The molecule has 0 saturated heterocycles. The smallest absolute Gasteiger partial charge is 0.748 e. The van der Waals surface area contributed by atoms with Crippen molar-refractivity contribution in [1.82, 2.24) is 5.01 Å². The molecule has 10 heteroatoms. The van der Waals surface area contributed by atoms with E-state index in [0.717, 1.165) is 0 Å². The van der Waals surface area contributed by atoms with Crippen molar-refractivity contribution in [2.45, 2.75) is 0 Å². The fourth-order valence-corrected chi connectivity index (χ4v) is 1.81. The van der Waals surface area contributed by atoms with Gasteiger partial charge >= 0.3 is 29.6 Å². The fraction of sp³-hybridized carbons (Fsp3) is 0.400. The van der Waals surface area contributed by atoms with E-state index in [4.69, 9.17) is 16.3 Å². The number of rotatable bonds is 6. The van der Waals surface area contributed by atoms with Gasteiger partial charge in [-0.15, -0.1) is 5.11 Å². The van der Waals surface area contributed by atoms with E-state index >= 15 is 0 Å². The van der Waals surface area contributed by atoms with Crippen LogP contribution in [-0.4, -0.2) is 44.4 Å². The molecule has 0 aliphatic rings. The Kier molecular flexibility index (Phi) is 8.64. The van der Waals surface area contributed by atoms with E-state index in [9.17, 15) is 13.0 Å². The summed E-state index contributed by atoms with van der Waals surface area (Å²) in [4.78, 5) is 0. The van der Waals surface area contributed by atoms with Crippen LogP contribution in [-0.2, 0) is 10.1 Å². The third-order valence-electron chi connectivity index (χ3n) is 2.11. The molecule has 0 saturated carbocycles. The molecule has 0 amide bonds. The van der Waals surface area contributed by atoms with E-state index < -0.39 is 15.9 Å². The first kappa shape index (κ1) is 19.6. The summed E-state index contributed by atoms with van der Waals surface area (Å²) in [5.74, 6) is -0.0483. The summed E-state index contributed by atoms with van der Waals surface area (Å²) in [5.41, 5.74) is 0.409. The second-order valence-corrected chi connectivity index (χ2v) is 5.61. The molecule has 0 unspecified atom stereocenters. The molecule has 0 radical (unpaired) electrons. The molecule has 0 atom stereocenters. The van der Waals surface area contributed by atoms with E-state index in [1.165, 1.54) is 19.2 Å². The molecule has 1 aromatic carbocycles. The van der Waals surface area contributed by atoms with Crippen LogP contribution >= 0.6 is 11.6 Å². The van der Waals surface area contributed by atoms with Crippen molar-refractivity contribution in [1.29, 1.82) is 0 Å². The van der Waals surface area contributed by atoms with E-state index in [-0.39, 0.29) is 36.1 Å². The molecule has 0 heterocycles. The first-order valence-electron chi connectivity index (χ1n) is 5.22. The molecule has 1 aromatic rings. The van der Waals surface area contributed by atoms with E-state index in [1.54, 1.807) is 18.2 Å². The Labute approximate surface area is 145 Å². The summed E-state index contributed by atoms with van der Waals surface area (Å²) in [5, 5.41) is 9.36. The topological polar surface area (TPSA) is 94.4 Å². The Hall–Kier alpha value is -0.380. The van der Waals surface area contributed by atoms with Gasteiger partial charge in [-0.2, -0.15) is 0 Å². The predicted octanol–water partition coefficient (Wildman–Crippen LogP) is -1.17. The average molecular weight is 330 g/mol. The van der Waals surface area contributed by atoms with Gasteiger partial charge in [-0.05, 0) is 18.2 Å². The van der Waals surface area contributed by atoms with Gasteiger partial charge in [-0.3, -0.25) is 5.01 Å². The second-order valence-electron chi connectivity index (χ2n) is 3.65. The molecule has 0 aliphatic heterocycles. The van der Waals surface area contributed by atoms with Gasteiger partial charge in [-0.25, -0.2) is 8.42 Å². The molecular weight excluding hydrogens is 317 g/mol. The van der Waals surface area contributed by atoms with Crippen LogP contribution < -0.4 is 34.3 Å². The van der Waals surface area contributed by atoms with Crippen molar-refractivity contribution < 1.29 is 47.3 Å². The zero-order valence-corrected chi connectivity index (χ0v) is 15.0. The second kappa shape index (κ2) is 8.81. The van der Waals surface area contributed by atoms with E-state index in [0.29, 0.717) is 16.5 Å². The van der Waals surface area contributed by atoms with Gasteiger partial charge in [0.2, 0.25) is 0 Å². The minimum atomic E-state index is -4.26. The number of ether oxygens (including phenoxy) is 1. The fourth-order valence-electron chi connectivity index (χ4n) is 1.15. The Morgan fingerprint density at radius 2 is 2.10 bits per heavy atom. The summed E-state index contributed by atoms with van der Waals surface area (Å²) in [6, 6.07) is 4.84. The monoisotopic (exact) mass is 329 g/mol. The summed E-state index contributed by atoms with van der Waals surface area (Å²) in [6.07, 6.45) is 0. The van der Waals surface area contributed by atoms with Gasteiger partial charge in [0, 0.05) is 12.1 Å². The molecule has 0 aromatic heterocycles. The quantitative estimate of drug-likeness (QED) is 0.284. The Balaban J connectivity index is 0.00000361. The van der Waals surface area contributed by atoms with Crippen LogP contribution in [0, 0.1) is 0 Å². The molecule has 0 N–H and O–H groups in total. The van der Waals surface area contributed by atoms with Crippen LogP contribution in [0.2, 0.25) is 5.02 Å². The van der Waals surface area contributed by atoms with Crippen LogP contribution in [0.3, 0.4) is 0 Å². The zero-order valence-electron chi connectivity index (χ0n) is 11.4. The third-order valence-corrected chi connectivity index (χ3v) is 3.03. The van der Waals surface area contributed by atoms with Crippen molar-refractivity contribution in [2.75, 3.05) is 26.5 Å². The first-order valence-corrected chi connectivity index (χ1v) is 7.17. The number of methoxy groups -OCH3 is 1. The van der Waals surface area contributed by atoms with Crippen LogP contribution in [0.25, 0.3) is 0 Å². The van der Waals surface area contributed by atoms with Gasteiger partial charge in [0.15, 0.2) is 0 Å². The minimum absolute atomic E-state index is 0. The molecule has 20 heavy (non-hydrogen) atoms. The molecule has 106 valence electrons. The third kappa shape index (κ3) is 7.41. The summed E-state index contributed by atoms with van der Waals surface area (Å²) in [6.45, 7) is -0.0434. The molecule has 0 aliphatic carbocycles. The molecule has 0 bridgehead atoms. The maximum absolute atomic E-state index is 10.5. The number of halogens is 1. The molecule has 7 nitrogen and oxygen atoms in total. The number of benzene rings is 1. The van der Waals surface area contributed by atoms with Crippen LogP contribution in [0.4, 0.5) is 5.69 Å². The minimum Gasteiger partial charge on any atom is -0.748 e. The number of nitrogens with zero attached hydrogens (tertiary/aromatic N) is 3. The first-order chi connectivity index (χ1) is 8.81. The standard InChI is InChI=1S/C10H14ClN3O4S.Na/c1-14(5-6-19(15,16)17)13-12-9-7-8(11)3-4-10(9)18-2;/h3-4,7H,5-6H2,1-2H3,(H,15,16,17);/q;+1/p-1. The van der Waals surface area contributed by atoms with Gasteiger partial charge < -0.3 is 9.29 Å². The van der Waals surface area contributed by atoms with Crippen LogP contribution in [0.1, 0.15) is 0 Å². The Morgan fingerprint density at radius 1 is 1.45 bits per heavy atom. The van der Waals surface area contributed by atoms with Gasteiger partial charge in [0.1, 0.15) is 11.4 Å². The van der Waals surface area contributed by atoms with Gasteiger partial charge in [-0.1, -0.05) is 16.8 Å². The maximum atomic E-state index is 10.5. The molecule has 1 rings (SSSR count). The molecular formula is C10H13ClN3NaO4S. The largest absolute Gasteiger partial charge is 1.00 e. The van der Waals surface area contributed by atoms with E-state index in [2.05, 4.69) is 10.3 Å². The number of hydrogen-bond donors (Lipinski definition) is 0. The van der Waals surface area contributed by atoms with Gasteiger partial charge in [0.05, 0.1) is 29.5 Å². The molecule has 0 fully saturated rings. The average Bonchev–Trinajstić information content (AvgIpc) is 2.33. The van der Waals surface area contributed by atoms with Gasteiger partial charge in [0.25, 0.3) is 0 Å². The van der Waals surface area contributed by atoms with Crippen molar-refractivity contribution in [2.24, 2.45) is 10.3 Å². The zero-order chi connectivity index (χ0) is 14.5. The van der Waals surface area contributed by atoms with Crippen molar-refractivity contribution in [3.05, 3.63) is 23.2 Å². The SMILES string of the molecule is COc1ccc(Cl)cc1N=NN(C)CCS(=O)(=O)[O-].[Na+]. The Morgan fingerprint density at radius 3 is 2.65 bits per heavy atom. The van der Waals surface area contributed by atoms with Crippen molar-refractivity contribution in [3.63, 3.8) is 0 Å². The maximum Gasteiger partial charge on any atom is 1.00 e. The van der Waals surface area contributed by atoms with Crippen LogP contribution in [0.5, 0.6) is 5.75 Å². The summed E-state index contributed by atoms with van der Waals surface area (Å²) in [7, 11) is -1.27. The predicted molar refractivity (Wildman–Crippen MR) is 69.7 cm³/mol. The Bertz CT molecular complexity index is 568.